The molecule has 0 N–H and O–H groups in total. The summed E-state index contributed by atoms with van der Waals surface area (Å²) in [6.45, 7) is 11.4. The summed E-state index contributed by atoms with van der Waals surface area (Å²) in [5, 5.41) is 2.11. The number of rotatable bonds is 4. The second kappa shape index (κ2) is 7.09. The van der Waals surface area contributed by atoms with Gasteiger partial charge in [0.2, 0.25) is 0 Å². The summed E-state index contributed by atoms with van der Waals surface area (Å²) in [4.78, 5) is 0. The van der Waals surface area contributed by atoms with Crippen LogP contribution in [0.15, 0.2) is 36.4 Å². The Morgan fingerprint density at radius 1 is 0.900 bits per heavy atom. The van der Waals surface area contributed by atoms with Crippen LogP contribution in [0, 0.1) is 0 Å². The van der Waals surface area contributed by atoms with Crippen molar-refractivity contribution in [3.05, 3.63) is 47.5 Å². The molecule has 0 unspecified atom stereocenters. The van der Waals surface area contributed by atoms with Gasteiger partial charge in [-0.3, -0.25) is 0 Å². The van der Waals surface area contributed by atoms with E-state index in [1.165, 1.54) is 16.7 Å². The van der Waals surface area contributed by atoms with E-state index in [4.69, 9.17) is 21.7 Å². The molecule has 30 heavy (non-hydrogen) atoms. The molecule has 0 amide bonds. The second-order valence-electron chi connectivity index (χ2n) is 9.57. The Morgan fingerprint density at radius 2 is 1.53 bits per heavy atom. The van der Waals surface area contributed by atoms with Crippen LogP contribution in [-0.2, 0) is 6.42 Å². The van der Waals surface area contributed by atoms with Crippen molar-refractivity contribution in [3.8, 4) is 28.4 Å². The van der Waals surface area contributed by atoms with E-state index >= 15 is 0 Å². The van der Waals surface area contributed by atoms with E-state index in [0.29, 0.717) is 0 Å². The van der Waals surface area contributed by atoms with Crippen LogP contribution in [0.5, 0.6) is 17.2 Å². The van der Waals surface area contributed by atoms with Gasteiger partial charge < -0.3 is 13.9 Å². The molecule has 2 radical (unpaired) electrons. The fraction of sp³-hybridized carbons (Fsp3) is 0.360. The van der Waals surface area contributed by atoms with Gasteiger partial charge in [0.1, 0.15) is 25.1 Å². The smallest absolute Gasteiger partial charge is 0.250 e. The van der Waals surface area contributed by atoms with E-state index in [1.807, 2.05) is 18.2 Å². The summed E-state index contributed by atoms with van der Waals surface area (Å²) in [5.74, 6) is 2.62. The number of hydrogen-bond donors (Lipinski definition) is 0. The first-order valence-electron chi connectivity index (χ1n) is 10.4. The van der Waals surface area contributed by atoms with Gasteiger partial charge in [-0.15, -0.1) is 0 Å². The molecule has 3 nitrogen and oxygen atoms in total. The molecule has 1 aliphatic carbocycles. The monoisotopic (exact) mass is 416 g/mol. The zero-order valence-electron chi connectivity index (χ0n) is 19.0. The number of ether oxygens (including phenoxy) is 2. The van der Waals surface area contributed by atoms with Crippen LogP contribution in [0.2, 0.25) is 18.1 Å². The van der Waals surface area contributed by atoms with Crippen molar-refractivity contribution in [3.63, 3.8) is 0 Å². The molecule has 5 heteroatoms. The number of fused-ring (bicyclic) bond motifs is 4. The first-order valence-corrected chi connectivity index (χ1v) is 13.3. The molecule has 0 spiro atoms. The topological polar surface area (TPSA) is 27.7 Å². The molecule has 0 aliphatic heterocycles. The Labute approximate surface area is 181 Å². The average molecular weight is 416 g/mol. The van der Waals surface area contributed by atoms with Crippen LogP contribution in [0.3, 0.4) is 0 Å². The van der Waals surface area contributed by atoms with Crippen LogP contribution in [-0.4, -0.2) is 30.4 Å². The van der Waals surface area contributed by atoms with Gasteiger partial charge in [0.15, 0.2) is 0 Å². The first-order chi connectivity index (χ1) is 14.1. The Kier molecular flexibility index (Phi) is 4.93. The Bertz CT molecular complexity index is 1150. The van der Waals surface area contributed by atoms with Gasteiger partial charge in [-0.25, -0.2) is 0 Å². The quantitative estimate of drug-likeness (QED) is 0.405. The molecule has 0 fully saturated rings. The summed E-state index contributed by atoms with van der Waals surface area (Å²) < 4.78 is 17.9. The lowest BCUT2D eigenvalue weighted by Crippen LogP contribution is -2.44. The highest BCUT2D eigenvalue weighted by molar-refractivity contribution is 6.74. The number of hydrogen-bond acceptors (Lipinski definition) is 3. The summed E-state index contributed by atoms with van der Waals surface area (Å²) in [6, 6.07) is 12.3. The van der Waals surface area contributed by atoms with Gasteiger partial charge in [0, 0.05) is 17.4 Å². The maximum absolute atomic E-state index is 6.96. The van der Waals surface area contributed by atoms with Gasteiger partial charge >= 0.3 is 0 Å². The van der Waals surface area contributed by atoms with Gasteiger partial charge in [0.25, 0.3) is 8.32 Å². The first kappa shape index (κ1) is 20.9. The number of methoxy groups -OCH3 is 2. The Hall–Kier alpha value is -2.40. The van der Waals surface area contributed by atoms with Crippen molar-refractivity contribution in [2.45, 2.75) is 45.3 Å². The summed E-state index contributed by atoms with van der Waals surface area (Å²) >= 11 is 0. The molecule has 0 heterocycles. The molecule has 1 aliphatic rings. The molecule has 0 atom stereocenters. The number of benzene rings is 3. The van der Waals surface area contributed by atoms with Crippen LogP contribution in [0.4, 0.5) is 0 Å². The Morgan fingerprint density at radius 3 is 2.17 bits per heavy atom. The summed E-state index contributed by atoms with van der Waals surface area (Å²) in [6.07, 6.45) is 0.781. The van der Waals surface area contributed by atoms with E-state index < -0.39 is 8.32 Å². The van der Waals surface area contributed by atoms with Crippen LogP contribution >= 0.6 is 0 Å². The Balaban J connectivity index is 2.02. The lowest BCUT2D eigenvalue weighted by molar-refractivity contribution is 0.414. The van der Waals surface area contributed by atoms with Gasteiger partial charge in [-0.2, -0.15) is 0 Å². The minimum absolute atomic E-state index is 0.0845. The third kappa shape index (κ3) is 3.20. The van der Waals surface area contributed by atoms with Gasteiger partial charge in [-0.05, 0) is 64.5 Å². The average Bonchev–Trinajstić information content (AvgIpc) is 3.08. The minimum atomic E-state index is -2.08. The molecular formula is C25H29BO3Si. The van der Waals surface area contributed by atoms with Crippen LogP contribution in [0.1, 0.15) is 31.9 Å². The molecule has 0 saturated heterocycles. The van der Waals surface area contributed by atoms with E-state index in [0.717, 1.165) is 45.5 Å². The fourth-order valence-corrected chi connectivity index (χ4v) is 4.97. The van der Waals surface area contributed by atoms with E-state index in [2.05, 4.69) is 52.1 Å². The van der Waals surface area contributed by atoms with Crippen LogP contribution < -0.4 is 19.4 Å². The summed E-state index contributed by atoms with van der Waals surface area (Å²) in [7, 11) is 8.06. The highest BCUT2D eigenvalue weighted by atomic mass is 28.4. The lowest BCUT2D eigenvalue weighted by atomic mass is 9.81. The van der Waals surface area contributed by atoms with Gasteiger partial charge in [-0.1, -0.05) is 38.4 Å². The highest BCUT2D eigenvalue weighted by Gasteiger charge is 2.40. The van der Waals surface area contributed by atoms with E-state index in [1.54, 1.807) is 14.2 Å². The van der Waals surface area contributed by atoms with Crippen molar-refractivity contribution >= 4 is 32.4 Å². The molecular weight excluding hydrogens is 387 g/mol. The van der Waals surface area contributed by atoms with Crippen molar-refractivity contribution in [1.82, 2.24) is 0 Å². The summed E-state index contributed by atoms with van der Waals surface area (Å²) in [5.41, 5.74) is 5.45. The van der Waals surface area contributed by atoms with Gasteiger partial charge in [0.05, 0.1) is 14.2 Å². The molecule has 3 aromatic carbocycles. The lowest BCUT2D eigenvalue weighted by Gasteiger charge is -2.37. The molecule has 154 valence electrons. The van der Waals surface area contributed by atoms with Crippen molar-refractivity contribution < 1.29 is 13.9 Å². The highest BCUT2D eigenvalue weighted by Crippen LogP contribution is 2.48. The van der Waals surface area contributed by atoms with Crippen molar-refractivity contribution in [1.29, 1.82) is 0 Å². The second-order valence-corrected chi connectivity index (χ2v) is 14.3. The molecule has 0 bridgehead atoms. The minimum Gasteiger partial charge on any atom is -0.543 e. The van der Waals surface area contributed by atoms with Crippen molar-refractivity contribution in [2.75, 3.05) is 14.2 Å². The molecule has 4 rings (SSSR count). The maximum Gasteiger partial charge on any atom is 0.250 e. The zero-order chi connectivity index (χ0) is 21.8. The predicted octanol–water partition coefficient (Wildman–Crippen LogP) is 5.61. The SMILES string of the molecule is [B]c1c2c(c(O[Si](C)(C)C(C)(C)C)c3cc(OC)ccc13)Cc1cc(OC)ccc1-2. The maximum atomic E-state index is 6.96. The zero-order valence-corrected chi connectivity index (χ0v) is 20.0. The third-order valence-electron chi connectivity index (χ3n) is 6.72. The van der Waals surface area contributed by atoms with Crippen molar-refractivity contribution in [2.24, 2.45) is 0 Å². The third-order valence-corrected chi connectivity index (χ3v) is 11.0. The molecule has 3 aromatic rings. The van der Waals surface area contributed by atoms with E-state index in [-0.39, 0.29) is 5.04 Å². The standard InChI is InChI=1S/C25H29BO3Si/c1-25(2,3)30(6,7)29-24-20-14-17(28-5)9-11-19(20)23(26)22-18-10-8-16(27-4)12-15(18)13-21(22)24/h8-12,14H,13H2,1-7H3. The largest absolute Gasteiger partial charge is 0.543 e. The van der Waals surface area contributed by atoms with Crippen LogP contribution in [0.25, 0.3) is 21.9 Å². The normalized spacial score (nSPS) is 13.2. The van der Waals surface area contributed by atoms with E-state index in [9.17, 15) is 0 Å². The predicted molar refractivity (Wildman–Crippen MR) is 129 cm³/mol. The fourth-order valence-electron chi connectivity index (χ4n) is 3.93. The molecule has 0 aromatic heterocycles. The molecule has 0 saturated carbocycles.